The first kappa shape index (κ1) is 19.1. The number of ether oxygens (including phenoxy) is 2. The smallest absolute Gasteiger partial charge is 0.161 e. The number of aliphatic imine (C=N–C) groups is 1. The molecular weight excluding hydrogens is 370 g/mol. The number of nitrogens with zero attached hydrogens (tertiary/aromatic N) is 3. The molecule has 2 aliphatic rings. The van der Waals surface area contributed by atoms with E-state index in [9.17, 15) is 0 Å². The molecule has 3 heterocycles. The van der Waals surface area contributed by atoms with Crippen molar-refractivity contribution < 1.29 is 9.47 Å². The number of methoxy groups -OCH3 is 1. The normalized spacial score (nSPS) is 23.7. The van der Waals surface area contributed by atoms with E-state index in [4.69, 9.17) is 14.5 Å². The zero-order chi connectivity index (χ0) is 19.7. The lowest BCUT2D eigenvalue weighted by Gasteiger charge is -2.32. The van der Waals surface area contributed by atoms with Gasteiger partial charge < -0.3 is 14.4 Å². The molecule has 1 fully saturated rings. The van der Waals surface area contributed by atoms with E-state index in [1.807, 2.05) is 50.0 Å². The van der Waals surface area contributed by atoms with Gasteiger partial charge in [0.2, 0.25) is 0 Å². The van der Waals surface area contributed by atoms with Crippen LogP contribution in [0.5, 0.6) is 11.5 Å². The largest absolute Gasteiger partial charge is 0.493 e. The van der Waals surface area contributed by atoms with Crippen LogP contribution >= 0.6 is 11.8 Å². The highest BCUT2D eigenvalue weighted by Gasteiger charge is 2.45. The van der Waals surface area contributed by atoms with Crippen LogP contribution < -0.4 is 9.47 Å². The summed E-state index contributed by atoms with van der Waals surface area (Å²) in [5.74, 6) is 2.63. The second kappa shape index (κ2) is 8.03. The monoisotopic (exact) mass is 397 g/mol. The van der Waals surface area contributed by atoms with Crippen molar-refractivity contribution in [1.82, 2.24) is 9.88 Å². The minimum Gasteiger partial charge on any atom is -0.493 e. The lowest BCUT2D eigenvalue weighted by molar-refractivity contribution is 0.228. The summed E-state index contributed by atoms with van der Waals surface area (Å²) >= 11 is 1.86. The summed E-state index contributed by atoms with van der Waals surface area (Å²) < 4.78 is 11.6. The highest BCUT2D eigenvalue weighted by atomic mass is 32.2. The SMILES string of the molecule is CC[C@@H]1CSC2=N[C@@H](c3ccccn3)[C@@H](c3ccc(OC(C)C)c(OC)c3)N21. The Morgan fingerprint density at radius 3 is 2.75 bits per heavy atom. The van der Waals surface area contributed by atoms with Crippen molar-refractivity contribution in [2.45, 2.75) is 51.4 Å². The van der Waals surface area contributed by atoms with Crippen LogP contribution in [0.2, 0.25) is 0 Å². The van der Waals surface area contributed by atoms with Gasteiger partial charge in [-0.2, -0.15) is 0 Å². The third kappa shape index (κ3) is 3.46. The Labute approximate surface area is 171 Å². The third-order valence-electron chi connectivity index (χ3n) is 5.22. The van der Waals surface area contributed by atoms with Crippen LogP contribution in [0.25, 0.3) is 0 Å². The van der Waals surface area contributed by atoms with E-state index in [2.05, 4.69) is 35.0 Å². The number of pyridine rings is 1. The zero-order valence-corrected chi connectivity index (χ0v) is 17.6. The molecule has 1 aromatic carbocycles. The highest BCUT2D eigenvalue weighted by Crippen LogP contribution is 2.49. The van der Waals surface area contributed by atoms with Crippen molar-refractivity contribution in [3.05, 3.63) is 53.9 Å². The summed E-state index contributed by atoms with van der Waals surface area (Å²) in [5, 5.41) is 1.13. The predicted octanol–water partition coefficient (Wildman–Crippen LogP) is 4.86. The van der Waals surface area contributed by atoms with E-state index in [1.165, 1.54) is 5.56 Å². The minimum atomic E-state index is -0.0142. The van der Waals surface area contributed by atoms with E-state index >= 15 is 0 Å². The molecule has 0 radical (unpaired) electrons. The lowest BCUT2D eigenvalue weighted by atomic mass is 9.95. The maximum absolute atomic E-state index is 5.91. The van der Waals surface area contributed by atoms with Crippen LogP contribution in [-0.2, 0) is 0 Å². The Balaban J connectivity index is 1.76. The average Bonchev–Trinajstić information content (AvgIpc) is 3.27. The molecule has 0 N–H and O–H groups in total. The Morgan fingerprint density at radius 2 is 2.07 bits per heavy atom. The maximum Gasteiger partial charge on any atom is 0.161 e. The predicted molar refractivity (Wildman–Crippen MR) is 114 cm³/mol. The van der Waals surface area contributed by atoms with Crippen molar-refractivity contribution in [3.63, 3.8) is 0 Å². The number of hydrogen-bond acceptors (Lipinski definition) is 6. The molecule has 4 rings (SSSR count). The first-order valence-corrected chi connectivity index (χ1v) is 10.8. The molecule has 0 spiro atoms. The molecule has 0 saturated carbocycles. The summed E-state index contributed by atoms with van der Waals surface area (Å²) in [4.78, 5) is 12.2. The van der Waals surface area contributed by atoms with Crippen LogP contribution in [0.1, 0.15) is 50.5 Å². The van der Waals surface area contributed by atoms with Gasteiger partial charge in [0, 0.05) is 18.0 Å². The third-order valence-corrected chi connectivity index (χ3v) is 6.35. The Hall–Kier alpha value is -2.21. The van der Waals surface area contributed by atoms with Gasteiger partial charge >= 0.3 is 0 Å². The molecule has 3 atom stereocenters. The van der Waals surface area contributed by atoms with Gasteiger partial charge in [-0.1, -0.05) is 30.8 Å². The second-order valence-electron chi connectivity index (χ2n) is 7.41. The second-order valence-corrected chi connectivity index (χ2v) is 8.40. The van der Waals surface area contributed by atoms with Crippen LogP contribution in [0.4, 0.5) is 0 Å². The van der Waals surface area contributed by atoms with Crippen LogP contribution in [0.3, 0.4) is 0 Å². The minimum absolute atomic E-state index is 0.0142. The van der Waals surface area contributed by atoms with E-state index < -0.39 is 0 Å². The molecule has 1 aromatic heterocycles. The Morgan fingerprint density at radius 1 is 1.21 bits per heavy atom. The number of hydrogen-bond donors (Lipinski definition) is 0. The number of thioether (sulfide) groups is 1. The van der Waals surface area contributed by atoms with Gasteiger partial charge in [-0.25, -0.2) is 0 Å². The molecule has 2 aliphatic heterocycles. The fourth-order valence-electron chi connectivity index (χ4n) is 3.93. The van der Waals surface area contributed by atoms with Crippen LogP contribution in [-0.4, -0.2) is 40.1 Å². The topological polar surface area (TPSA) is 47.0 Å². The molecule has 2 aromatic rings. The highest BCUT2D eigenvalue weighted by molar-refractivity contribution is 8.14. The molecule has 148 valence electrons. The molecular formula is C22H27N3O2S. The van der Waals surface area contributed by atoms with Gasteiger partial charge in [0.25, 0.3) is 0 Å². The summed E-state index contributed by atoms with van der Waals surface area (Å²) in [6.45, 7) is 6.29. The molecule has 0 bridgehead atoms. The van der Waals surface area contributed by atoms with Crippen molar-refractivity contribution >= 4 is 16.9 Å². The fourth-order valence-corrected chi connectivity index (χ4v) is 5.27. The van der Waals surface area contributed by atoms with Crippen LogP contribution in [0.15, 0.2) is 47.6 Å². The summed E-state index contributed by atoms with van der Waals surface area (Å²) in [5.41, 5.74) is 2.19. The first-order valence-electron chi connectivity index (χ1n) is 9.86. The molecule has 5 nitrogen and oxygen atoms in total. The summed E-state index contributed by atoms with van der Waals surface area (Å²) in [6, 6.07) is 12.9. The maximum atomic E-state index is 5.91. The fraction of sp³-hybridized carbons (Fsp3) is 0.455. The van der Waals surface area contributed by atoms with E-state index in [-0.39, 0.29) is 18.2 Å². The molecule has 1 saturated heterocycles. The van der Waals surface area contributed by atoms with Gasteiger partial charge in [-0.15, -0.1) is 0 Å². The van der Waals surface area contributed by atoms with Gasteiger partial charge in [-0.05, 0) is 50.1 Å². The number of aromatic nitrogens is 1. The molecule has 0 aliphatic carbocycles. The van der Waals surface area contributed by atoms with Gasteiger partial charge in [0.05, 0.1) is 24.9 Å². The molecule has 6 heteroatoms. The lowest BCUT2D eigenvalue weighted by Crippen LogP contribution is -2.35. The van der Waals surface area contributed by atoms with Crippen LogP contribution in [0, 0.1) is 0 Å². The Bertz CT molecular complexity index is 856. The number of fused-ring (bicyclic) bond motifs is 1. The standard InChI is InChI=1S/C22H27N3O2S/c1-5-16-13-28-22-24-20(17-8-6-7-11-23-17)21(25(16)22)15-9-10-18(27-14(2)3)19(12-15)26-4/h6-12,14,16,20-21H,5,13H2,1-4H3/t16-,20+,21-/m1/s1. The summed E-state index contributed by atoms with van der Waals surface area (Å²) in [7, 11) is 1.69. The number of rotatable bonds is 6. The van der Waals surface area contributed by atoms with E-state index in [0.29, 0.717) is 6.04 Å². The Kier molecular flexibility index (Phi) is 5.49. The number of amidine groups is 1. The van der Waals surface area contributed by atoms with Gasteiger partial charge in [0.1, 0.15) is 6.04 Å². The summed E-state index contributed by atoms with van der Waals surface area (Å²) in [6.07, 6.45) is 3.05. The quantitative estimate of drug-likeness (QED) is 0.697. The van der Waals surface area contributed by atoms with Crippen molar-refractivity contribution in [1.29, 1.82) is 0 Å². The van der Waals surface area contributed by atoms with Crippen molar-refractivity contribution in [2.75, 3.05) is 12.9 Å². The van der Waals surface area contributed by atoms with Crippen molar-refractivity contribution in [3.8, 4) is 11.5 Å². The molecule has 0 unspecified atom stereocenters. The van der Waals surface area contributed by atoms with Gasteiger partial charge in [-0.3, -0.25) is 9.98 Å². The first-order chi connectivity index (χ1) is 13.6. The number of benzene rings is 1. The van der Waals surface area contributed by atoms with E-state index in [1.54, 1.807) is 7.11 Å². The van der Waals surface area contributed by atoms with Crippen molar-refractivity contribution in [2.24, 2.45) is 4.99 Å². The molecule has 28 heavy (non-hydrogen) atoms. The average molecular weight is 398 g/mol. The zero-order valence-electron chi connectivity index (χ0n) is 16.8. The van der Waals surface area contributed by atoms with Gasteiger partial charge in [0.15, 0.2) is 16.7 Å². The molecule has 0 amide bonds. The van der Waals surface area contributed by atoms with E-state index in [0.717, 1.165) is 34.5 Å².